The zero-order valence-electron chi connectivity index (χ0n) is 18.8. The highest BCUT2D eigenvalue weighted by atomic mass is 35.5. The molecule has 2 aromatic carbocycles. The Kier molecular flexibility index (Phi) is 10.7. The van der Waals surface area contributed by atoms with Gasteiger partial charge in [0.2, 0.25) is 0 Å². The Morgan fingerprint density at radius 3 is 2.00 bits per heavy atom. The van der Waals surface area contributed by atoms with E-state index in [4.69, 9.17) is 21.1 Å². The number of fused-ring (bicyclic) bond motifs is 1. The second-order valence-corrected chi connectivity index (χ2v) is 8.59. The fourth-order valence-corrected chi connectivity index (χ4v) is 3.97. The lowest BCUT2D eigenvalue weighted by Crippen LogP contribution is -2.13. The SMILES string of the molecule is CCCCC(CC)COc1cccc2ccc(Cl)c(OCC(CC)CCCC)c12. The largest absolute Gasteiger partial charge is 0.493 e. The molecule has 0 saturated carbocycles. The topological polar surface area (TPSA) is 18.5 Å². The zero-order valence-corrected chi connectivity index (χ0v) is 19.6. The Labute approximate surface area is 182 Å². The molecule has 0 aliphatic rings. The zero-order chi connectivity index (χ0) is 21.1. The van der Waals surface area contributed by atoms with Crippen LogP contribution in [0.4, 0.5) is 0 Å². The fraction of sp³-hybridized carbons (Fsp3) is 0.615. The van der Waals surface area contributed by atoms with Gasteiger partial charge in [0.05, 0.1) is 23.6 Å². The Balaban J connectivity index is 2.22. The van der Waals surface area contributed by atoms with Crippen LogP contribution in [0.1, 0.15) is 79.1 Å². The van der Waals surface area contributed by atoms with Gasteiger partial charge in [0.25, 0.3) is 0 Å². The predicted molar refractivity (Wildman–Crippen MR) is 127 cm³/mol. The molecule has 0 aromatic heterocycles. The van der Waals surface area contributed by atoms with Crippen molar-refractivity contribution in [2.75, 3.05) is 13.2 Å². The summed E-state index contributed by atoms with van der Waals surface area (Å²) < 4.78 is 12.7. The number of benzene rings is 2. The van der Waals surface area contributed by atoms with Crippen LogP contribution < -0.4 is 9.47 Å². The molecule has 162 valence electrons. The Morgan fingerprint density at radius 1 is 0.793 bits per heavy atom. The number of hydrogen-bond acceptors (Lipinski definition) is 2. The number of ether oxygens (including phenoxy) is 2. The van der Waals surface area contributed by atoms with Crippen molar-refractivity contribution >= 4 is 22.4 Å². The highest BCUT2D eigenvalue weighted by molar-refractivity contribution is 6.33. The highest BCUT2D eigenvalue weighted by Gasteiger charge is 2.16. The van der Waals surface area contributed by atoms with Crippen LogP contribution >= 0.6 is 11.6 Å². The van der Waals surface area contributed by atoms with E-state index in [1.807, 2.05) is 12.1 Å². The van der Waals surface area contributed by atoms with Crippen LogP contribution in [0.3, 0.4) is 0 Å². The van der Waals surface area contributed by atoms with Crippen LogP contribution in [0.15, 0.2) is 30.3 Å². The minimum absolute atomic E-state index is 0.563. The van der Waals surface area contributed by atoms with Crippen molar-refractivity contribution in [3.8, 4) is 11.5 Å². The molecule has 0 radical (unpaired) electrons. The standard InChI is InChI=1S/C26H39ClO2/c1-5-9-12-20(7-3)18-28-24-15-11-14-22-16-17-23(27)26(25(22)24)29-19-21(8-4)13-10-6-2/h11,14-17,20-21H,5-10,12-13,18-19H2,1-4H3. The second-order valence-electron chi connectivity index (χ2n) is 8.19. The van der Waals surface area contributed by atoms with Crippen LogP contribution in [0.25, 0.3) is 10.8 Å². The van der Waals surface area contributed by atoms with Gasteiger partial charge in [-0.2, -0.15) is 0 Å². The molecule has 0 saturated heterocycles. The van der Waals surface area contributed by atoms with Gasteiger partial charge in [0.15, 0.2) is 0 Å². The second kappa shape index (κ2) is 13.0. The Morgan fingerprint density at radius 2 is 1.41 bits per heavy atom. The summed E-state index contributed by atoms with van der Waals surface area (Å²) in [7, 11) is 0. The summed E-state index contributed by atoms with van der Waals surface area (Å²) in [5.74, 6) is 2.81. The van der Waals surface area contributed by atoms with Gasteiger partial charge in [0.1, 0.15) is 11.5 Å². The van der Waals surface area contributed by atoms with Crippen LogP contribution in [0, 0.1) is 11.8 Å². The van der Waals surface area contributed by atoms with E-state index in [0.29, 0.717) is 23.5 Å². The number of unbranched alkanes of at least 4 members (excludes halogenated alkanes) is 2. The van der Waals surface area contributed by atoms with Crippen molar-refractivity contribution in [1.29, 1.82) is 0 Å². The Hall–Kier alpha value is -1.41. The molecular formula is C26H39ClO2. The summed E-state index contributed by atoms with van der Waals surface area (Å²) in [5, 5.41) is 2.79. The van der Waals surface area contributed by atoms with E-state index in [2.05, 4.69) is 45.9 Å². The molecule has 0 spiro atoms. The van der Waals surface area contributed by atoms with E-state index in [-0.39, 0.29) is 0 Å². The van der Waals surface area contributed by atoms with Crippen molar-refractivity contribution in [2.45, 2.75) is 79.1 Å². The molecule has 3 heteroatoms. The first kappa shape index (κ1) is 23.9. The molecule has 0 N–H and O–H groups in total. The molecule has 2 atom stereocenters. The smallest absolute Gasteiger partial charge is 0.149 e. The van der Waals surface area contributed by atoms with Gasteiger partial charge >= 0.3 is 0 Å². The van der Waals surface area contributed by atoms with Gasteiger partial charge in [-0.3, -0.25) is 0 Å². The van der Waals surface area contributed by atoms with E-state index in [1.165, 1.54) is 38.5 Å². The van der Waals surface area contributed by atoms with E-state index in [9.17, 15) is 0 Å². The van der Waals surface area contributed by atoms with Crippen molar-refractivity contribution in [3.05, 3.63) is 35.4 Å². The number of rotatable bonds is 14. The van der Waals surface area contributed by atoms with Crippen molar-refractivity contribution in [3.63, 3.8) is 0 Å². The molecule has 0 aliphatic heterocycles. The Bertz CT molecular complexity index is 728. The first-order valence-electron chi connectivity index (χ1n) is 11.6. The van der Waals surface area contributed by atoms with Crippen molar-refractivity contribution in [2.24, 2.45) is 11.8 Å². The quantitative estimate of drug-likeness (QED) is 0.305. The van der Waals surface area contributed by atoms with Gasteiger partial charge in [-0.05, 0) is 42.2 Å². The fourth-order valence-electron chi connectivity index (χ4n) is 3.75. The third-order valence-electron chi connectivity index (χ3n) is 5.94. The molecule has 0 fully saturated rings. The first-order chi connectivity index (χ1) is 14.1. The lowest BCUT2D eigenvalue weighted by molar-refractivity contribution is 0.228. The van der Waals surface area contributed by atoms with Gasteiger partial charge < -0.3 is 9.47 Å². The van der Waals surface area contributed by atoms with Crippen LogP contribution in [0.5, 0.6) is 11.5 Å². The lowest BCUT2D eigenvalue weighted by Gasteiger charge is -2.20. The van der Waals surface area contributed by atoms with Crippen molar-refractivity contribution < 1.29 is 9.47 Å². The van der Waals surface area contributed by atoms with E-state index < -0.39 is 0 Å². The third kappa shape index (κ3) is 7.10. The molecule has 29 heavy (non-hydrogen) atoms. The summed E-state index contributed by atoms with van der Waals surface area (Å²) in [4.78, 5) is 0. The first-order valence-corrected chi connectivity index (χ1v) is 12.0. The molecule has 0 bridgehead atoms. The van der Waals surface area contributed by atoms with Gasteiger partial charge in [-0.15, -0.1) is 0 Å². The summed E-state index contributed by atoms with van der Waals surface area (Å²) >= 11 is 6.58. The molecular weight excluding hydrogens is 380 g/mol. The van der Waals surface area contributed by atoms with Crippen LogP contribution in [-0.4, -0.2) is 13.2 Å². The summed E-state index contributed by atoms with van der Waals surface area (Å²) in [5.41, 5.74) is 0. The molecule has 2 aromatic rings. The molecule has 2 unspecified atom stereocenters. The lowest BCUT2D eigenvalue weighted by atomic mass is 10.0. The molecule has 2 nitrogen and oxygen atoms in total. The predicted octanol–water partition coefficient (Wildman–Crippen LogP) is 8.68. The molecule has 0 heterocycles. The molecule has 2 rings (SSSR count). The average molecular weight is 419 g/mol. The van der Waals surface area contributed by atoms with Gasteiger partial charge in [-0.25, -0.2) is 0 Å². The van der Waals surface area contributed by atoms with Gasteiger partial charge in [-0.1, -0.05) is 96.0 Å². The van der Waals surface area contributed by atoms with Crippen LogP contribution in [-0.2, 0) is 0 Å². The van der Waals surface area contributed by atoms with Gasteiger partial charge in [0, 0.05) is 0 Å². The van der Waals surface area contributed by atoms with E-state index in [1.54, 1.807) is 0 Å². The summed E-state index contributed by atoms with van der Waals surface area (Å²) in [6.45, 7) is 10.4. The monoisotopic (exact) mass is 418 g/mol. The van der Waals surface area contributed by atoms with Crippen LogP contribution in [0.2, 0.25) is 5.02 Å². The number of halogens is 1. The number of hydrogen-bond donors (Lipinski definition) is 0. The minimum Gasteiger partial charge on any atom is -0.493 e. The van der Waals surface area contributed by atoms with E-state index >= 15 is 0 Å². The minimum atomic E-state index is 0.563. The van der Waals surface area contributed by atoms with E-state index in [0.717, 1.165) is 41.7 Å². The maximum absolute atomic E-state index is 6.58. The molecule has 0 amide bonds. The highest BCUT2D eigenvalue weighted by Crippen LogP contribution is 2.40. The summed E-state index contributed by atoms with van der Waals surface area (Å²) in [6.07, 6.45) is 9.65. The maximum Gasteiger partial charge on any atom is 0.149 e. The maximum atomic E-state index is 6.58. The third-order valence-corrected chi connectivity index (χ3v) is 6.23. The summed E-state index contributed by atoms with van der Waals surface area (Å²) in [6, 6.07) is 10.2. The molecule has 0 aliphatic carbocycles. The van der Waals surface area contributed by atoms with Crippen molar-refractivity contribution in [1.82, 2.24) is 0 Å². The normalized spacial score (nSPS) is 13.4. The average Bonchev–Trinajstić information content (AvgIpc) is 2.75.